The van der Waals surface area contributed by atoms with E-state index in [0.29, 0.717) is 26.9 Å². The van der Waals surface area contributed by atoms with Crippen LogP contribution in [0.4, 0.5) is 4.39 Å². The van der Waals surface area contributed by atoms with E-state index >= 15 is 0 Å². The first kappa shape index (κ1) is 22.8. The van der Waals surface area contributed by atoms with Crippen molar-refractivity contribution >= 4 is 44.1 Å². The molecule has 176 valence electrons. The van der Waals surface area contributed by atoms with Gasteiger partial charge in [-0.15, -0.1) is 11.3 Å². The van der Waals surface area contributed by atoms with Crippen LogP contribution in [0.25, 0.3) is 37.2 Å². The Balaban J connectivity index is 1.85. The number of nitrogens with zero attached hydrogens (tertiary/aromatic N) is 6. The van der Waals surface area contributed by atoms with Gasteiger partial charge in [0.1, 0.15) is 4.70 Å². The standard InChI is InChI=1S/C23H16ClFN6O3S/c1-29-20-12(10-28-29)9-27-11-17(20)31-22(32)21-16(30(23(31)33)5-3-4-26)8-19(35-21)13-6-15(25)18(34-2)7-14(13)24/h6-11H,3,5H2,1-2H3. The lowest BCUT2D eigenvalue weighted by Crippen LogP contribution is -2.38. The number of nitriles is 1. The van der Waals surface area contributed by atoms with E-state index in [2.05, 4.69) is 10.1 Å². The molecular formula is C23H16ClFN6O3S. The van der Waals surface area contributed by atoms with E-state index in [1.54, 1.807) is 30.2 Å². The van der Waals surface area contributed by atoms with Crippen molar-refractivity contribution < 1.29 is 9.13 Å². The molecule has 0 aliphatic rings. The molecule has 35 heavy (non-hydrogen) atoms. The van der Waals surface area contributed by atoms with E-state index < -0.39 is 17.1 Å². The first-order chi connectivity index (χ1) is 16.8. The van der Waals surface area contributed by atoms with Crippen molar-refractivity contribution in [1.29, 1.82) is 5.26 Å². The molecule has 0 spiro atoms. The highest BCUT2D eigenvalue weighted by atomic mass is 35.5. The number of aryl methyl sites for hydroxylation is 2. The van der Waals surface area contributed by atoms with Gasteiger partial charge in [-0.25, -0.2) is 13.8 Å². The van der Waals surface area contributed by atoms with Crippen molar-refractivity contribution in [2.75, 3.05) is 7.11 Å². The highest BCUT2D eigenvalue weighted by molar-refractivity contribution is 7.22. The zero-order chi connectivity index (χ0) is 24.9. The molecule has 5 rings (SSSR count). The molecule has 0 saturated heterocycles. The zero-order valence-electron chi connectivity index (χ0n) is 18.5. The summed E-state index contributed by atoms with van der Waals surface area (Å²) >= 11 is 7.46. The highest BCUT2D eigenvalue weighted by Crippen LogP contribution is 2.38. The van der Waals surface area contributed by atoms with Crippen molar-refractivity contribution in [1.82, 2.24) is 23.9 Å². The third-order valence-electron chi connectivity index (χ3n) is 5.64. The van der Waals surface area contributed by atoms with Gasteiger partial charge in [-0.1, -0.05) is 11.6 Å². The summed E-state index contributed by atoms with van der Waals surface area (Å²) in [6.45, 7) is 0.0573. The number of aromatic nitrogens is 5. The Morgan fingerprint density at radius 2 is 2.03 bits per heavy atom. The number of thiophene rings is 1. The van der Waals surface area contributed by atoms with Gasteiger partial charge in [-0.3, -0.25) is 19.0 Å². The molecule has 9 nitrogen and oxygen atoms in total. The maximum absolute atomic E-state index is 14.5. The van der Waals surface area contributed by atoms with Crippen molar-refractivity contribution in [3.8, 4) is 27.9 Å². The lowest BCUT2D eigenvalue weighted by Gasteiger charge is -2.12. The van der Waals surface area contributed by atoms with E-state index in [1.165, 1.54) is 30.0 Å². The van der Waals surface area contributed by atoms with Gasteiger partial charge < -0.3 is 4.74 Å². The molecule has 0 bridgehead atoms. The summed E-state index contributed by atoms with van der Waals surface area (Å²) in [6, 6.07) is 6.22. The number of rotatable bonds is 5. The summed E-state index contributed by atoms with van der Waals surface area (Å²) in [7, 11) is 3.04. The van der Waals surface area contributed by atoms with Crippen LogP contribution in [-0.2, 0) is 13.6 Å². The topological polar surface area (TPSA) is 108 Å². The lowest BCUT2D eigenvalue weighted by molar-refractivity contribution is 0.387. The van der Waals surface area contributed by atoms with Crippen LogP contribution < -0.4 is 16.0 Å². The number of halogens is 2. The third-order valence-corrected chi connectivity index (χ3v) is 7.10. The van der Waals surface area contributed by atoms with Gasteiger partial charge >= 0.3 is 5.69 Å². The largest absolute Gasteiger partial charge is 0.494 e. The van der Waals surface area contributed by atoms with E-state index in [4.69, 9.17) is 21.6 Å². The third kappa shape index (κ3) is 3.58. The monoisotopic (exact) mass is 510 g/mol. The Kier molecular flexibility index (Phi) is 5.62. The Labute approximate surface area is 205 Å². The summed E-state index contributed by atoms with van der Waals surface area (Å²) in [5, 5.41) is 14.2. The fourth-order valence-electron chi connectivity index (χ4n) is 4.02. The molecule has 5 aromatic rings. The molecule has 0 unspecified atom stereocenters. The molecule has 0 N–H and O–H groups in total. The molecular weight excluding hydrogens is 495 g/mol. The number of hydrogen-bond donors (Lipinski definition) is 0. The normalized spacial score (nSPS) is 11.3. The zero-order valence-corrected chi connectivity index (χ0v) is 20.0. The van der Waals surface area contributed by atoms with Crippen LogP contribution in [0.3, 0.4) is 0 Å². The van der Waals surface area contributed by atoms with Crippen LogP contribution in [0.1, 0.15) is 6.42 Å². The minimum atomic E-state index is -0.621. The minimum Gasteiger partial charge on any atom is -0.494 e. The van der Waals surface area contributed by atoms with Crippen LogP contribution in [0.15, 0.2) is 46.4 Å². The average molecular weight is 511 g/mol. The molecule has 0 aliphatic carbocycles. The second-order valence-electron chi connectivity index (χ2n) is 7.64. The maximum Gasteiger partial charge on any atom is 0.336 e. The molecule has 0 atom stereocenters. The Morgan fingerprint density at radius 1 is 1.23 bits per heavy atom. The van der Waals surface area contributed by atoms with Gasteiger partial charge in [0, 0.05) is 41.7 Å². The van der Waals surface area contributed by atoms with Gasteiger partial charge in [0.25, 0.3) is 5.56 Å². The number of pyridine rings is 1. The second-order valence-corrected chi connectivity index (χ2v) is 9.10. The number of methoxy groups -OCH3 is 1. The SMILES string of the molecule is COc1cc(Cl)c(-c2cc3c(s2)c(=O)n(-c2cncc4cnn(C)c24)c(=O)n3CCC#N)cc1F. The Bertz CT molecular complexity index is 1800. The number of hydrogen-bond acceptors (Lipinski definition) is 7. The van der Waals surface area contributed by atoms with Crippen molar-refractivity contribution in [3.63, 3.8) is 0 Å². The van der Waals surface area contributed by atoms with Gasteiger partial charge in [0.2, 0.25) is 0 Å². The number of ether oxygens (including phenoxy) is 1. The predicted molar refractivity (Wildman–Crippen MR) is 131 cm³/mol. The van der Waals surface area contributed by atoms with Gasteiger partial charge in [0.15, 0.2) is 11.6 Å². The van der Waals surface area contributed by atoms with E-state index in [1.807, 2.05) is 6.07 Å². The van der Waals surface area contributed by atoms with E-state index in [0.717, 1.165) is 15.9 Å². The smallest absolute Gasteiger partial charge is 0.336 e. The summed E-state index contributed by atoms with van der Waals surface area (Å²) in [5.41, 5.74) is 0.339. The van der Waals surface area contributed by atoms with E-state index in [-0.39, 0.29) is 34.1 Å². The number of fused-ring (bicyclic) bond motifs is 2. The Hall–Kier alpha value is -4.01. The maximum atomic E-state index is 14.5. The summed E-state index contributed by atoms with van der Waals surface area (Å²) in [5.74, 6) is -0.623. The van der Waals surface area contributed by atoms with E-state index in [9.17, 15) is 14.0 Å². The van der Waals surface area contributed by atoms with Crippen LogP contribution in [0, 0.1) is 17.1 Å². The quantitative estimate of drug-likeness (QED) is 0.355. The first-order valence-corrected chi connectivity index (χ1v) is 11.5. The van der Waals surface area contributed by atoms with Crippen molar-refractivity contribution in [2.45, 2.75) is 13.0 Å². The molecule has 4 aromatic heterocycles. The molecule has 12 heteroatoms. The highest BCUT2D eigenvalue weighted by Gasteiger charge is 2.22. The Morgan fingerprint density at radius 3 is 2.77 bits per heavy atom. The van der Waals surface area contributed by atoms with Crippen LogP contribution in [0.5, 0.6) is 5.75 Å². The summed E-state index contributed by atoms with van der Waals surface area (Å²) in [6.07, 6.45) is 4.65. The molecule has 0 radical (unpaired) electrons. The summed E-state index contributed by atoms with van der Waals surface area (Å²) in [4.78, 5) is 31.9. The second kappa shape index (κ2) is 8.65. The molecule has 0 aliphatic heterocycles. The van der Waals surface area contributed by atoms with Gasteiger partial charge in [-0.2, -0.15) is 10.4 Å². The van der Waals surface area contributed by atoms with Crippen molar-refractivity contribution in [3.05, 3.63) is 68.5 Å². The molecule has 0 fully saturated rings. The first-order valence-electron chi connectivity index (χ1n) is 10.3. The van der Waals surface area contributed by atoms with Crippen LogP contribution in [0.2, 0.25) is 5.02 Å². The van der Waals surface area contributed by atoms with Gasteiger partial charge in [0.05, 0.1) is 53.7 Å². The fraction of sp³-hybridized carbons (Fsp3) is 0.174. The fourth-order valence-corrected chi connectivity index (χ4v) is 5.45. The molecule has 0 saturated carbocycles. The van der Waals surface area contributed by atoms with Gasteiger partial charge in [-0.05, 0) is 12.1 Å². The average Bonchev–Trinajstić information content (AvgIpc) is 3.45. The molecule has 1 aromatic carbocycles. The van der Waals surface area contributed by atoms with Crippen LogP contribution >= 0.6 is 22.9 Å². The number of benzene rings is 1. The lowest BCUT2D eigenvalue weighted by atomic mass is 10.1. The van der Waals surface area contributed by atoms with Crippen molar-refractivity contribution in [2.24, 2.45) is 7.05 Å². The molecule has 0 amide bonds. The molecule has 4 heterocycles. The summed E-state index contributed by atoms with van der Waals surface area (Å²) < 4.78 is 23.6. The predicted octanol–water partition coefficient (Wildman–Crippen LogP) is 3.88. The van der Waals surface area contributed by atoms with Crippen LogP contribution in [-0.4, -0.2) is 31.0 Å². The minimum absolute atomic E-state index is 0.00934.